The number of rotatable bonds is 6. The van der Waals surface area contributed by atoms with Crippen LogP contribution in [0.3, 0.4) is 0 Å². The van der Waals surface area contributed by atoms with E-state index in [1.165, 1.54) is 0 Å². The molecule has 0 saturated carbocycles. The first-order valence-electron chi connectivity index (χ1n) is 9.97. The van der Waals surface area contributed by atoms with E-state index < -0.39 is 0 Å². The number of halogens is 2. The average molecular weight is 463 g/mol. The molecule has 164 valence electrons. The molecule has 0 radical (unpaired) electrons. The van der Waals surface area contributed by atoms with Crippen molar-refractivity contribution in [1.82, 2.24) is 4.90 Å². The number of para-hydroxylation sites is 3. The van der Waals surface area contributed by atoms with E-state index in [1.54, 1.807) is 46.2 Å². The van der Waals surface area contributed by atoms with Gasteiger partial charge < -0.3 is 15.5 Å². The van der Waals surface area contributed by atoms with Crippen molar-refractivity contribution >= 4 is 58.0 Å². The zero-order valence-electron chi connectivity index (χ0n) is 17.3. The molecule has 1 aliphatic heterocycles. The zero-order valence-corrected chi connectivity index (χ0v) is 18.8. The predicted octanol–water partition coefficient (Wildman–Crippen LogP) is 4.02. The summed E-state index contributed by atoms with van der Waals surface area (Å²) in [7, 11) is 0. The van der Waals surface area contributed by atoms with Crippen LogP contribution in [0, 0.1) is 0 Å². The lowest BCUT2D eigenvalue weighted by atomic mass is 10.1. The Morgan fingerprint density at radius 2 is 1.81 bits per heavy atom. The van der Waals surface area contributed by atoms with Crippen molar-refractivity contribution in [2.75, 3.05) is 35.2 Å². The number of anilines is 3. The van der Waals surface area contributed by atoms with Gasteiger partial charge in [0.2, 0.25) is 17.7 Å². The standard InChI is InChI=1S/C22H24Cl2N4O3/c1-3-27(12-20(30)26-22-15(23)7-6-8-16(22)24)13-21(31)28-14(2)11-19(29)25-17-9-4-5-10-18(17)28/h4-10,14H,3,11-13H2,1-2H3,(H,25,29)(H,26,30). The van der Waals surface area contributed by atoms with Crippen LogP contribution in [-0.4, -0.2) is 48.3 Å². The molecule has 0 aromatic heterocycles. The molecular weight excluding hydrogens is 439 g/mol. The summed E-state index contributed by atoms with van der Waals surface area (Å²) < 4.78 is 0. The van der Waals surface area contributed by atoms with Crippen molar-refractivity contribution in [3.8, 4) is 0 Å². The van der Waals surface area contributed by atoms with Crippen LogP contribution in [0.5, 0.6) is 0 Å². The quantitative estimate of drug-likeness (QED) is 0.678. The molecule has 0 aliphatic carbocycles. The molecule has 1 atom stereocenters. The Morgan fingerprint density at radius 1 is 1.13 bits per heavy atom. The molecule has 2 aromatic rings. The summed E-state index contributed by atoms with van der Waals surface area (Å²) in [6.45, 7) is 4.20. The maximum Gasteiger partial charge on any atom is 0.241 e. The topological polar surface area (TPSA) is 81.8 Å². The second-order valence-electron chi connectivity index (χ2n) is 7.33. The highest BCUT2D eigenvalue weighted by molar-refractivity contribution is 6.39. The lowest BCUT2D eigenvalue weighted by Crippen LogP contribution is -2.46. The highest BCUT2D eigenvalue weighted by Gasteiger charge is 2.30. The molecule has 0 fully saturated rings. The van der Waals surface area contributed by atoms with E-state index in [2.05, 4.69) is 10.6 Å². The van der Waals surface area contributed by atoms with Crippen molar-refractivity contribution in [3.05, 3.63) is 52.5 Å². The fraction of sp³-hybridized carbons (Fsp3) is 0.318. The van der Waals surface area contributed by atoms with Crippen molar-refractivity contribution < 1.29 is 14.4 Å². The van der Waals surface area contributed by atoms with Crippen molar-refractivity contribution in [1.29, 1.82) is 0 Å². The van der Waals surface area contributed by atoms with E-state index in [0.717, 1.165) is 0 Å². The third kappa shape index (κ3) is 5.55. The van der Waals surface area contributed by atoms with Gasteiger partial charge in [0.25, 0.3) is 0 Å². The molecule has 1 heterocycles. The second kappa shape index (κ2) is 10.1. The highest BCUT2D eigenvalue weighted by atomic mass is 35.5. The fourth-order valence-electron chi connectivity index (χ4n) is 3.51. The Balaban J connectivity index is 1.72. The minimum Gasteiger partial charge on any atom is -0.324 e. The van der Waals surface area contributed by atoms with Crippen molar-refractivity contribution in [3.63, 3.8) is 0 Å². The van der Waals surface area contributed by atoms with E-state index in [-0.39, 0.29) is 43.3 Å². The molecule has 3 amide bonds. The summed E-state index contributed by atoms with van der Waals surface area (Å²) in [5.74, 6) is -0.661. The lowest BCUT2D eigenvalue weighted by Gasteiger charge is -2.30. The molecule has 2 N–H and O–H groups in total. The SMILES string of the molecule is CCN(CC(=O)Nc1c(Cl)cccc1Cl)CC(=O)N1c2ccccc2NC(=O)CC1C. The number of hydrogen-bond donors (Lipinski definition) is 2. The van der Waals surface area contributed by atoms with Gasteiger partial charge in [-0.3, -0.25) is 19.3 Å². The number of hydrogen-bond acceptors (Lipinski definition) is 4. The van der Waals surface area contributed by atoms with Crippen molar-refractivity contribution in [2.24, 2.45) is 0 Å². The van der Waals surface area contributed by atoms with Gasteiger partial charge in [0.15, 0.2) is 0 Å². The van der Waals surface area contributed by atoms with E-state index in [0.29, 0.717) is 33.7 Å². The first kappa shape index (κ1) is 23.1. The molecule has 2 aromatic carbocycles. The number of nitrogens with zero attached hydrogens (tertiary/aromatic N) is 2. The maximum atomic E-state index is 13.2. The van der Waals surface area contributed by atoms with Gasteiger partial charge in [0.05, 0.1) is 40.2 Å². The second-order valence-corrected chi connectivity index (χ2v) is 8.14. The van der Waals surface area contributed by atoms with E-state index in [1.807, 2.05) is 19.9 Å². The van der Waals surface area contributed by atoms with Crippen LogP contribution >= 0.6 is 23.2 Å². The Morgan fingerprint density at radius 3 is 2.48 bits per heavy atom. The first-order valence-corrected chi connectivity index (χ1v) is 10.7. The van der Waals surface area contributed by atoms with E-state index in [4.69, 9.17) is 23.2 Å². The molecule has 1 unspecified atom stereocenters. The van der Waals surface area contributed by atoms with Gasteiger partial charge in [-0.1, -0.05) is 48.3 Å². The monoisotopic (exact) mass is 462 g/mol. The van der Waals surface area contributed by atoms with Crippen LogP contribution in [0.1, 0.15) is 20.3 Å². The minimum atomic E-state index is -0.328. The molecule has 0 spiro atoms. The molecule has 0 saturated heterocycles. The van der Waals surface area contributed by atoms with E-state index in [9.17, 15) is 14.4 Å². The molecule has 7 nitrogen and oxygen atoms in total. The van der Waals surface area contributed by atoms with Gasteiger partial charge in [-0.05, 0) is 37.7 Å². The average Bonchev–Trinajstić information content (AvgIpc) is 2.84. The van der Waals surface area contributed by atoms with Crippen LogP contribution in [0.4, 0.5) is 17.1 Å². The summed E-state index contributed by atoms with van der Waals surface area (Å²) in [4.78, 5) is 41.3. The smallest absolute Gasteiger partial charge is 0.241 e. The number of likely N-dealkylation sites (N-methyl/N-ethyl adjacent to an activating group) is 1. The predicted molar refractivity (Wildman–Crippen MR) is 124 cm³/mol. The molecule has 1 aliphatic rings. The van der Waals surface area contributed by atoms with Gasteiger partial charge in [-0.2, -0.15) is 0 Å². The molecular formula is C22H24Cl2N4O3. The Hall–Kier alpha value is -2.61. The summed E-state index contributed by atoms with van der Waals surface area (Å²) in [5, 5.41) is 6.23. The van der Waals surface area contributed by atoms with Gasteiger partial charge in [-0.25, -0.2) is 0 Å². The summed E-state index contributed by atoms with van der Waals surface area (Å²) in [6.07, 6.45) is 0.192. The van der Waals surface area contributed by atoms with Gasteiger partial charge >= 0.3 is 0 Å². The van der Waals surface area contributed by atoms with Crippen molar-refractivity contribution in [2.45, 2.75) is 26.3 Å². The largest absolute Gasteiger partial charge is 0.324 e. The summed E-state index contributed by atoms with van der Waals surface area (Å²) >= 11 is 12.2. The molecule has 31 heavy (non-hydrogen) atoms. The highest BCUT2D eigenvalue weighted by Crippen LogP contribution is 2.32. The number of amides is 3. The number of benzene rings is 2. The van der Waals surface area contributed by atoms with Gasteiger partial charge in [0.1, 0.15) is 0 Å². The Bertz CT molecular complexity index is 978. The third-order valence-corrected chi connectivity index (χ3v) is 5.66. The summed E-state index contributed by atoms with van der Waals surface area (Å²) in [5.41, 5.74) is 1.59. The maximum absolute atomic E-state index is 13.2. The fourth-order valence-corrected chi connectivity index (χ4v) is 4.01. The van der Waals surface area contributed by atoms with E-state index >= 15 is 0 Å². The Labute approximate surface area is 191 Å². The number of nitrogens with one attached hydrogen (secondary N) is 2. The molecule has 9 heteroatoms. The lowest BCUT2D eigenvalue weighted by molar-refractivity contribution is -0.121. The van der Waals surface area contributed by atoms with Crippen LogP contribution in [0.25, 0.3) is 0 Å². The first-order chi connectivity index (χ1) is 14.8. The van der Waals surface area contributed by atoms with Crippen LogP contribution < -0.4 is 15.5 Å². The summed E-state index contributed by atoms with van der Waals surface area (Å²) in [6, 6.07) is 11.8. The number of fused-ring (bicyclic) bond motifs is 1. The van der Waals surface area contributed by atoms with Gasteiger partial charge in [0, 0.05) is 12.5 Å². The number of carbonyl (C=O) groups excluding carboxylic acids is 3. The normalized spacial score (nSPS) is 15.8. The molecule has 0 bridgehead atoms. The van der Waals surface area contributed by atoms with Gasteiger partial charge in [-0.15, -0.1) is 0 Å². The zero-order chi connectivity index (χ0) is 22.5. The minimum absolute atomic E-state index is 0.00909. The number of carbonyl (C=O) groups is 3. The van der Waals surface area contributed by atoms with Crippen LogP contribution in [0.15, 0.2) is 42.5 Å². The molecule has 3 rings (SSSR count). The van der Waals surface area contributed by atoms with Crippen LogP contribution in [0.2, 0.25) is 10.0 Å². The van der Waals surface area contributed by atoms with Crippen LogP contribution in [-0.2, 0) is 14.4 Å². The Kier molecular flexibility index (Phi) is 7.54. The third-order valence-electron chi connectivity index (χ3n) is 5.03.